The summed E-state index contributed by atoms with van der Waals surface area (Å²) in [6.07, 6.45) is 2.43. The number of primary amides is 1. The molecule has 1 saturated heterocycles. The van der Waals surface area contributed by atoms with Gasteiger partial charge in [0.15, 0.2) is 0 Å². The third-order valence-electron chi connectivity index (χ3n) is 2.31. The minimum Gasteiger partial charge on any atom is -0.370 e. The fraction of sp³-hybridized carbons (Fsp3) is 0.444. The lowest BCUT2D eigenvalue weighted by Gasteiger charge is -2.16. The molecule has 0 radical (unpaired) electrons. The highest BCUT2D eigenvalue weighted by atomic mass is 32.1. The van der Waals surface area contributed by atoms with Gasteiger partial charge in [0.25, 0.3) is 5.91 Å². The van der Waals surface area contributed by atoms with Crippen molar-refractivity contribution in [3.05, 3.63) is 16.3 Å². The third kappa shape index (κ3) is 1.54. The van der Waals surface area contributed by atoms with Gasteiger partial charge in [0.1, 0.15) is 4.88 Å². The minimum atomic E-state index is -0.308. The van der Waals surface area contributed by atoms with E-state index in [4.69, 9.17) is 5.73 Å². The number of carbonyl (C=O) groups excluding carboxylic acids is 1. The molecule has 0 atom stereocenters. The zero-order valence-corrected chi connectivity index (χ0v) is 8.14. The van der Waals surface area contributed by atoms with Gasteiger partial charge in [0.05, 0.1) is 5.69 Å². The van der Waals surface area contributed by atoms with Crippen LogP contribution >= 0.6 is 11.3 Å². The topological polar surface area (TPSA) is 46.3 Å². The molecule has 0 saturated carbocycles. The quantitative estimate of drug-likeness (QED) is 0.778. The van der Waals surface area contributed by atoms with Gasteiger partial charge in [0, 0.05) is 13.1 Å². The van der Waals surface area contributed by atoms with Crippen LogP contribution in [-0.2, 0) is 0 Å². The smallest absolute Gasteiger partial charge is 0.260 e. The molecule has 0 unspecified atom stereocenters. The zero-order valence-electron chi connectivity index (χ0n) is 7.32. The summed E-state index contributed by atoms with van der Waals surface area (Å²) < 4.78 is 0. The Morgan fingerprint density at radius 2 is 2.15 bits per heavy atom. The molecule has 4 heteroatoms. The monoisotopic (exact) mass is 196 g/mol. The molecule has 2 rings (SSSR count). The fourth-order valence-corrected chi connectivity index (χ4v) is 2.46. The SMILES string of the molecule is NC(=O)c1sccc1N1CCCC1. The van der Waals surface area contributed by atoms with E-state index in [1.54, 1.807) is 0 Å². The molecule has 2 N–H and O–H groups in total. The second-order valence-corrected chi connectivity index (χ2v) is 4.11. The van der Waals surface area contributed by atoms with E-state index in [9.17, 15) is 4.79 Å². The number of hydrogen-bond donors (Lipinski definition) is 1. The van der Waals surface area contributed by atoms with Crippen molar-refractivity contribution in [3.8, 4) is 0 Å². The molecule has 2 heterocycles. The van der Waals surface area contributed by atoms with E-state index in [1.165, 1.54) is 24.2 Å². The molecule has 13 heavy (non-hydrogen) atoms. The fourth-order valence-electron chi connectivity index (χ4n) is 1.69. The number of anilines is 1. The van der Waals surface area contributed by atoms with Crippen molar-refractivity contribution in [3.63, 3.8) is 0 Å². The number of nitrogens with zero attached hydrogens (tertiary/aromatic N) is 1. The molecule has 0 spiro atoms. The second kappa shape index (κ2) is 3.38. The van der Waals surface area contributed by atoms with Crippen molar-refractivity contribution in [2.24, 2.45) is 5.73 Å². The Morgan fingerprint density at radius 1 is 1.46 bits per heavy atom. The summed E-state index contributed by atoms with van der Waals surface area (Å²) in [4.78, 5) is 14.0. The van der Waals surface area contributed by atoms with Crippen LogP contribution < -0.4 is 10.6 Å². The van der Waals surface area contributed by atoms with Crippen LogP contribution in [0.3, 0.4) is 0 Å². The van der Waals surface area contributed by atoms with Gasteiger partial charge in [-0.05, 0) is 24.3 Å². The van der Waals surface area contributed by atoms with Crippen LogP contribution in [0.15, 0.2) is 11.4 Å². The van der Waals surface area contributed by atoms with Gasteiger partial charge in [-0.25, -0.2) is 0 Å². The lowest BCUT2D eigenvalue weighted by Crippen LogP contribution is -2.21. The van der Waals surface area contributed by atoms with Crippen molar-refractivity contribution in [2.45, 2.75) is 12.8 Å². The first kappa shape index (κ1) is 8.56. The lowest BCUT2D eigenvalue weighted by atomic mass is 10.3. The number of amides is 1. The summed E-state index contributed by atoms with van der Waals surface area (Å²) in [5.74, 6) is -0.308. The predicted octanol–water partition coefficient (Wildman–Crippen LogP) is 1.45. The summed E-state index contributed by atoms with van der Waals surface area (Å²) in [5, 5.41) is 1.92. The van der Waals surface area contributed by atoms with Crippen molar-refractivity contribution in [2.75, 3.05) is 18.0 Å². The molecule has 70 valence electrons. The van der Waals surface area contributed by atoms with Crippen LogP contribution in [0.4, 0.5) is 5.69 Å². The average Bonchev–Trinajstić information content (AvgIpc) is 2.74. The Bertz CT molecular complexity index is 315. The average molecular weight is 196 g/mol. The highest BCUT2D eigenvalue weighted by molar-refractivity contribution is 7.12. The van der Waals surface area contributed by atoms with E-state index in [1.807, 2.05) is 11.4 Å². The molecule has 1 aliphatic heterocycles. The summed E-state index contributed by atoms with van der Waals surface area (Å²) in [6, 6.07) is 1.98. The number of hydrogen-bond acceptors (Lipinski definition) is 3. The second-order valence-electron chi connectivity index (χ2n) is 3.19. The molecule has 1 amide bonds. The number of thiophene rings is 1. The molecule has 1 fully saturated rings. The van der Waals surface area contributed by atoms with E-state index >= 15 is 0 Å². The Morgan fingerprint density at radius 3 is 2.77 bits per heavy atom. The van der Waals surface area contributed by atoms with E-state index in [0.29, 0.717) is 4.88 Å². The number of carbonyl (C=O) groups is 1. The van der Waals surface area contributed by atoms with Crippen LogP contribution in [0.1, 0.15) is 22.5 Å². The van der Waals surface area contributed by atoms with Crippen molar-refractivity contribution in [1.29, 1.82) is 0 Å². The molecular formula is C9H12N2OS. The Balaban J connectivity index is 2.28. The van der Waals surface area contributed by atoms with Gasteiger partial charge in [-0.1, -0.05) is 0 Å². The molecule has 0 bridgehead atoms. The summed E-state index contributed by atoms with van der Waals surface area (Å²) >= 11 is 1.43. The maximum atomic E-state index is 11.0. The minimum absolute atomic E-state index is 0.308. The van der Waals surface area contributed by atoms with Crippen LogP contribution in [0.25, 0.3) is 0 Å². The lowest BCUT2D eigenvalue weighted by molar-refractivity contribution is 0.100. The first-order valence-electron chi connectivity index (χ1n) is 4.41. The number of nitrogens with two attached hydrogens (primary N) is 1. The Hall–Kier alpha value is -1.03. The largest absolute Gasteiger partial charge is 0.370 e. The highest BCUT2D eigenvalue weighted by Crippen LogP contribution is 2.28. The van der Waals surface area contributed by atoms with Gasteiger partial charge < -0.3 is 10.6 Å². The van der Waals surface area contributed by atoms with E-state index in [-0.39, 0.29) is 5.91 Å². The van der Waals surface area contributed by atoms with Crippen molar-refractivity contribution < 1.29 is 4.79 Å². The van der Waals surface area contributed by atoms with Gasteiger partial charge in [-0.2, -0.15) is 0 Å². The summed E-state index contributed by atoms with van der Waals surface area (Å²) in [7, 11) is 0. The van der Waals surface area contributed by atoms with Crippen molar-refractivity contribution in [1.82, 2.24) is 0 Å². The normalized spacial score (nSPS) is 16.5. The van der Waals surface area contributed by atoms with Crippen LogP contribution in [-0.4, -0.2) is 19.0 Å². The Labute approximate surface area is 81.2 Å². The van der Waals surface area contributed by atoms with Gasteiger partial charge in [-0.3, -0.25) is 4.79 Å². The molecule has 1 aromatic rings. The third-order valence-corrected chi connectivity index (χ3v) is 3.23. The molecule has 1 aromatic heterocycles. The van der Waals surface area contributed by atoms with E-state index in [0.717, 1.165) is 18.8 Å². The maximum absolute atomic E-state index is 11.0. The van der Waals surface area contributed by atoms with E-state index in [2.05, 4.69) is 4.90 Å². The first-order chi connectivity index (χ1) is 6.29. The van der Waals surface area contributed by atoms with Crippen molar-refractivity contribution >= 4 is 22.9 Å². The Kier molecular flexibility index (Phi) is 2.22. The predicted molar refractivity (Wildman–Crippen MR) is 54.3 cm³/mol. The maximum Gasteiger partial charge on any atom is 0.260 e. The zero-order chi connectivity index (χ0) is 9.26. The number of rotatable bonds is 2. The molecule has 1 aliphatic rings. The summed E-state index contributed by atoms with van der Waals surface area (Å²) in [6.45, 7) is 2.11. The van der Waals surface area contributed by atoms with Gasteiger partial charge >= 0.3 is 0 Å². The van der Waals surface area contributed by atoms with Gasteiger partial charge in [-0.15, -0.1) is 11.3 Å². The van der Waals surface area contributed by atoms with Gasteiger partial charge in [0.2, 0.25) is 0 Å². The highest BCUT2D eigenvalue weighted by Gasteiger charge is 2.18. The first-order valence-corrected chi connectivity index (χ1v) is 5.29. The standard InChI is InChI=1S/C9H12N2OS/c10-9(12)8-7(3-6-13-8)11-4-1-2-5-11/h3,6H,1-2,4-5H2,(H2,10,12). The molecular weight excluding hydrogens is 184 g/mol. The summed E-state index contributed by atoms with van der Waals surface area (Å²) in [5.41, 5.74) is 6.29. The molecule has 0 aromatic carbocycles. The molecule has 0 aliphatic carbocycles. The van der Waals surface area contributed by atoms with Crippen LogP contribution in [0.5, 0.6) is 0 Å². The van der Waals surface area contributed by atoms with Crippen LogP contribution in [0.2, 0.25) is 0 Å². The van der Waals surface area contributed by atoms with E-state index < -0.39 is 0 Å². The molecule has 3 nitrogen and oxygen atoms in total. The van der Waals surface area contributed by atoms with Crippen LogP contribution in [0, 0.1) is 0 Å².